The molecule has 1 heterocycles. The average molecular weight is 394 g/mol. The first-order chi connectivity index (χ1) is 14.0. The van der Waals surface area contributed by atoms with Crippen LogP contribution in [-0.4, -0.2) is 42.9 Å². The molecule has 1 N–H and O–H groups in total. The highest BCUT2D eigenvalue weighted by Gasteiger charge is 2.22. The summed E-state index contributed by atoms with van der Waals surface area (Å²) < 4.78 is 0. The van der Waals surface area contributed by atoms with Crippen molar-refractivity contribution < 1.29 is 9.59 Å². The molecule has 29 heavy (non-hydrogen) atoms. The highest BCUT2D eigenvalue weighted by molar-refractivity contribution is 6.07. The molecule has 0 radical (unpaired) electrons. The van der Waals surface area contributed by atoms with Crippen LogP contribution in [0, 0.1) is 6.92 Å². The monoisotopic (exact) mass is 393 g/mol. The lowest BCUT2D eigenvalue weighted by molar-refractivity contribution is 0.0773. The molecule has 2 aromatic carbocycles. The molecule has 0 saturated carbocycles. The van der Waals surface area contributed by atoms with Crippen LogP contribution in [0.5, 0.6) is 0 Å². The largest absolute Gasteiger partial charge is 0.371 e. The first kappa shape index (κ1) is 20.9. The SMILES string of the molecule is CCN(CC)C(=O)c1cc(NC(=O)c2ccccc2C)ccc1N1CCCCC1. The van der Waals surface area contributed by atoms with Gasteiger partial charge in [-0.2, -0.15) is 0 Å². The third kappa shape index (κ3) is 4.78. The molecule has 1 aliphatic heterocycles. The molecule has 0 spiro atoms. The topological polar surface area (TPSA) is 52.7 Å². The standard InChI is InChI=1S/C24H31N3O2/c1-4-26(5-2)24(29)21-17-19(13-14-22(21)27-15-9-6-10-16-27)25-23(28)20-12-8-7-11-18(20)3/h7-8,11-14,17H,4-6,9-10,15-16H2,1-3H3,(H,25,28). The second-order valence-corrected chi connectivity index (χ2v) is 7.53. The highest BCUT2D eigenvalue weighted by atomic mass is 16.2. The Balaban J connectivity index is 1.93. The number of benzene rings is 2. The van der Waals surface area contributed by atoms with Crippen molar-refractivity contribution in [3.8, 4) is 0 Å². The number of amides is 2. The maximum atomic E-state index is 13.2. The summed E-state index contributed by atoms with van der Waals surface area (Å²) in [5.41, 5.74) is 3.85. The van der Waals surface area contributed by atoms with Gasteiger partial charge in [-0.3, -0.25) is 9.59 Å². The Labute approximate surface area is 173 Å². The second kappa shape index (κ2) is 9.59. The van der Waals surface area contributed by atoms with Crippen LogP contribution in [0.4, 0.5) is 11.4 Å². The van der Waals surface area contributed by atoms with Gasteiger partial charge >= 0.3 is 0 Å². The zero-order valence-electron chi connectivity index (χ0n) is 17.7. The van der Waals surface area contributed by atoms with Crippen molar-refractivity contribution in [2.75, 3.05) is 36.4 Å². The van der Waals surface area contributed by atoms with E-state index in [0.717, 1.165) is 37.2 Å². The molecule has 2 aromatic rings. The summed E-state index contributed by atoms with van der Waals surface area (Å²) in [6.45, 7) is 9.16. The van der Waals surface area contributed by atoms with E-state index in [0.29, 0.717) is 29.9 Å². The van der Waals surface area contributed by atoms with Crippen LogP contribution in [0.3, 0.4) is 0 Å². The van der Waals surface area contributed by atoms with Crippen LogP contribution in [-0.2, 0) is 0 Å². The van der Waals surface area contributed by atoms with Crippen LogP contribution >= 0.6 is 0 Å². The van der Waals surface area contributed by atoms with Crippen LogP contribution in [0.2, 0.25) is 0 Å². The van der Waals surface area contributed by atoms with Gasteiger partial charge in [0.2, 0.25) is 0 Å². The fourth-order valence-electron chi connectivity index (χ4n) is 3.90. The van der Waals surface area contributed by atoms with E-state index in [1.54, 1.807) is 0 Å². The number of hydrogen-bond acceptors (Lipinski definition) is 3. The first-order valence-corrected chi connectivity index (χ1v) is 10.6. The van der Waals surface area contributed by atoms with E-state index in [1.807, 2.05) is 68.1 Å². The molecule has 1 fully saturated rings. The van der Waals surface area contributed by atoms with Crippen LogP contribution in [0.25, 0.3) is 0 Å². The molecule has 0 aliphatic carbocycles. The summed E-state index contributed by atoms with van der Waals surface area (Å²) in [4.78, 5) is 30.1. The van der Waals surface area contributed by atoms with Gasteiger partial charge in [-0.05, 0) is 69.9 Å². The van der Waals surface area contributed by atoms with E-state index in [-0.39, 0.29) is 11.8 Å². The molecule has 0 atom stereocenters. The molecular formula is C24H31N3O2. The van der Waals surface area contributed by atoms with E-state index in [2.05, 4.69) is 10.2 Å². The minimum atomic E-state index is -0.157. The van der Waals surface area contributed by atoms with Crippen molar-refractivity contribution in [2.24, 2.45) is 0 Å². The quantitative estimate of drug-likeness (QED) is 0.773. The summed E-state index contributed by atoms with van der Waals surface area (Å²) in [6.07, 6.45) is 3.52. The van der Waals surface area contributed by atoms with Gasteiger partial charge in [-0.1, -0.05) is 18.2 Å². The summed E-state index contributed by atoms with van der Waals surface area (Å²) in [5.74, 6) is -0.141. The predicted molar refractivity (Wildman–Crippen MR) is 119 cm³/mol. The number of anilines is 2. The maximum absolute atomic E-state index is 13.2. The maximum Gasteiger partial charge on any atom is 0.256 e. The lowest BCUT2D eigenvalue weighted by Crippen LogP contribution is -2.35. The lowest BCUT2D eigenvalue weighted by Gasteiger charge is -2.31. The molecule has 154 valence electrons. The molecule has 5 nitrogen and oxygen atoms in total. The number of rotatable bonds is 6. The van der Waals surface area contributed by atoms with Crippen LogP contribution < -0.4 is 10.2 Å². The number of carbonyl (C=O) groups excluding carboxylic acids is 2. The molecule has 2 amide bonds. The number of carbonyl (C=O) groups is 2. The van der Waals surface area contributed by atoms with E-state index in [4.69, 9.17) is 0 Å². The molecule has 0 unspecified atom stereocenters. The Hall–Kier alpha value is -2.82. The Kier molecular flexibility index (Phi) is 6.91. The van der Waals surface area contributed by atoms with E-state index in [9.17, 15) is 9.59 Å². The van der Waals surface area contributed by atoms with Gasteiger partial charge in [0.05, 0.1) is 5.56 Å². The zero-order valence-corrected chi connectivity index (χ0v) is 17.7. The van der Waals surface area contributed by atoms with Crippen molar-refractivity contribution in [1.29, 1.82) is 0 Å². The molecule has 0 bridgehead atoms. The van der Waals surface area contributed by atoms with Gasteiger partial charge in [0.25, 0.3) is 11.8 Å². The Morgan fingerprint density at radius 3 is 2.31 bits per heavy atom. The summed E-state index contributed by atoms with van der Waals surface area (Å²) in [6, 6.07) is 13.2. The lowest BCUT2D eigenvalue weighted by atomic mass is 10.0. The third-order valence-electron chi connectivity index (χ3n) is 5.62. The van der Waals surface area contributed by atoms with Crippen molar-refractivity contribution in [3.63, 3.8) is 0 Å². The van der Waals surface area contributed by atoms with Crippen LogP contribution in [0.15, 0.2) is 42.5 Å². The number of piperidine rings is 1. The van der Waals surface area contributed by atoms with Crippen molar-refractivity contribution in [2.45, 2.75) is 40.0 Å². The number of aryl methyl sites for hydroxylation is 1. The fraction of sp³-hybridized carbons (Fsp3) is 0.417. The molecule has 0 aromatic heterocycles. The minimum absolute atomic E-state index is 0.0163. The number of nitrogens with one attached hydrogen (secondary N) is 1. The van der Waals surface area contributed by atoms with Gasteiger partial charge in [0, 0.05) is 43.1 Å². The van der Waals surface area contributed by atoms with Crippen LogP contribution in [0.1, 0.15) is 59.4 Å². The highest BCUT2D eigenvalue weighted by Crippen LogP contribution is 2.28. The summed E-state index contributed by atoms with van der Waals surface area (Å²) in [7, 11) is 0. The molecule has 1 saturated heterocycles. The van der Waals surface area contributed by atoms with Gasteiger partial charge in [-0.15, -0.1) is 0 Å². The van der Waals surface area contributed by atoms with E-state index < -0.39 is 0 Å². The summed E-state index contributed by atoms with van der Waals surface area (Å²) in [5, 5.41) is 2.97. The first-order valence-electron chi connectivity index (χ1n) is 10.6. The summed E-state index contributed by atoms with van der Waals surface area (Å²) >= 11 is 0. The normalized spacial score (nSPS) is 13.8. The Morgan fingerprint density at radius 2 is 1.66 bits per heavy atom. The average Bonchev–Trinajstić information content (AvgIpc) is 2.75. The third-order valence-corrected chi connectivity index (χ3v) is 5.62. The van der Waals surface area contributed by atoms with Crippen molar-refractivity contribution in [1.82, 2.24) is 4.90 Å². The zero-order chi connectivity index (χ0) is 20.8. The molecular weight excluding hydrogens is 362 g/mol. The van der Waals surface area contributed by atoms with Gasteiger partial charge in [0.15, 0.2) is 0 Å². The molecule has 5 heteroatoms. The van der Waals surface area contributed by atoms with Gasteiger partial charge in [0.1, 0.15) is 0 Å². The van der Waals surface area contributed by atoms with E-state index in [1.165, 1.54) is 6.42 Å². The second-order valence-electron chi connectivity index (χ2n) is 7.53. The van der Waals surface area contributed by atoms with Crippen molar-refractivity contribution >= 4 is 23.2 Å². The molecule has 3 rings (SSSR count). The minimum Gasteiger partial charge on any atom is -0.371 e. The fourth-order valence-corrected chi connectivity index (χ4v) is 3.90. The number of nitrogens with zero attached hydrogens (tertiary/aromatic N) is 2. The predicted octanol–water partition coefficient (Wildman–Crippen LogP) is 4.72. The Bertz CT molecular complexity index is 868. The Morgan fingerprint density at radius 1 is 0.966 bits per heavy atom. The van der Waals surface area contributed by atoms with Crippen molar-refractivity contribution in [3.05, 3.63) is 59.2 Å². The number of hydrogen-bond donors (Lipinski definition) is 1. The van der Waals surface area contributed by atoms with E-state index >= 15 is 0 Å². The smallest absolute Gasteiger partial charge is 0.256 e. The van der Waals surface area contributed by atoms with Gasteiger partial charge < -0.3 is 15.1 Å². The molecule has 1 aliphatic rings. The van der Waals surface area contributed by atoms with Gasteiger partial charge in [-0.25, -0.2) is 0 Å².